The van der Waals surface area contributed by atoms with Gasteiger partial charge in [-0.2, -0.15) is 0 Å². The zero-order chi connectivity index (χ0) is 14.4. The normalized spacial score (nSPS) is 10.3. The summed E-state index contributed by atoms with van der Waals surface area (Å²) < 4.78 is 4.63. The average Bonchev–Trinajstić information content (AvgIpc) is 2.94. The quantitative estimate of drug-likeness (QED) is 0.761. The molecule has 0 aliphatic heterocycles. The Hall–Kier alpha value is -1.95. The van der Waals surface area contributed by atoms with Crippen LogP contribution in [0.25, 0.3) is 0 Å². The summed E-state index contributed by atoms with van der Waals surface area (Å²) in [5.74, 6) is -0.266. The number of carbonyl (C=O) groups is 1. The molecule has 5 nitrogen and oxygen atoms in total. The maximum absolute atomic E-state index is 11.2. The Morgan fingerprint density at radius 1 is 1.40 bits per heavy atom. The Bertz CT molecular complexity index is 557. The lowest BCUT2D eigenvalue weighted by molar-refractivity contribution is -0.139. The zero-order valence-electron chi connectivity index (χ0n) is 11.6. The Kier molecular flexibility index (Phi) is 5.06. The molecule has 0 bridgehead atoms. The van der Waals surface area contributed by atoms with Gasteiger partial charge in [0, 0.05) is 37.3 Å². The van der Waals surface area contributed by atoms with Gasteiger partial charge in [-0.25, -0.2) is 4.98 Å². The first-order valence-corrected chi connectivity index (χ1v) is 7.19. The van der Waals surface area contributed by atoms with Crippen molar-refractivity contribution in [2.24, 2.45) is 0 Å². The maximum Gasteiger partial charge on any atom is 0.311 e. The van der Waals surface area contributed by atoms with Crippen molar-refractivity contribution in [3.05, 3.63) is 41.2 Å². The number of carbonyl (C=O) groups excluding carboxylic acids is 1. The van der Waals surface area contributed by atoms with E-state index in [1.54, 1.807) is 6.20 Å². The number of esters is 1. The number of ether oxygens (including phenoxy) is 1. The van der Waals surface area contributed by atoms with E-state index in [1.807, 2.05) is 30.6 Å². The second-order valence-corrected chi connectivity index (χ2v) is 5.20. The molecule has 0 atom stereocenters. The van der Waals surface area contributed by atoms with Gasteiger partial charge in [0.2, 0.25) is 0 Å². The number of pyridine rings is 1. The molecule has 0 fully saturated rings. The summed E-state index contributed by atoms with van der Waals surface area (Å²) >= 11 is 1.53. The maximum atomic E-state index is 11.2. The molecule has 20 heavy (non-hydrogen) atoms. The third-order valence-corrected chi connectivity index (χ3v) is 3.85. The van der Waals surface area contributed by atoms with E-state index >= 15 is 0 Å². The van der Waals surface area contributed by atoms with E-state index in [0.717, 1.165) is 29.5 Å². The van der Waals surface area contributed by atoms with Crippen LogP contribution in [-0.4, -0.2) is 36.6 Å². The van der Waals surface area contributed by atoms with E-state index in [0.29, 0.717) is 0 Å². The van der Waals surface area contributed by atoms with Crippen LogP contribution in [0.4, 0.5) is 5.13 Å². The predicted molar refractivity (Wildman–Crippen MR) is 79.0 cm³/mol. The number of thiazole rings is 1. The SMILES string of the molecule is COC(=O)Cc1csc(N(C)CCc2ccccn2)n1. The fourth-order valence-corrected chi connectivity index (χ4v) is 2.52. The first-order valence-electron chi connectivity index (χ1n) is 6.31. The number of anilines is 1. The van der Waals surface area contributed by atoms with E-state index in [9.17, 15) is 4.79 Å². The highest BCUT2D eigenvalue weighted by atomic mass is 32.1. The van der Waals surface area contributed by atoms with Gasteiger partial charge in [0.25, 0.3) is 0 Å². The number of nitrogens with zero attached hydrogens (tertiary/aromatic N) is 3. The molecule has 0 aliphatic rings. The van der Waals surface area contributed by atoms with E-state index in [4.69, 9.17) is 0 Å². The van der Waals surface area contributed by atoms with Gasteiger partial charge >= 0.3 is 5.97 Å². The topological polar surface area (TPSA) is 55.3 Å². The van der Waals surface area contributed by atoms with E-state index in [2.05, 4.69) is 19.6 Å². The third kappa shape index (κ3) is 4.03. The van der Waals surface area contributed by atoms with E-state index in [1.165, 1.54) is 18.4 Å². The van der Waals surface area contributed by atoms with Crippen molar-refractivity contribution < 1.29 is 9.53 Å². The van der Waals surface area contributed by atoms with Crippen molar-refractivity contribution in [3.63, 3.8) is 0 Å². The number of methoxy groups -OCH3 is 1. The van der Waals surface area contributed by atoms with Crippen molar-refractivity contribution in [2.45, 2.75) is 12.8 Å². The highest BCUT2D eigenvalue weighted by Crippen LogP contribution is 2.20. The molecular weight excluding hydrogens is 274 g/mol. The van der Waals surface area contributed by atoms with Crippen molar-refractivity contribution in [1.29, 1.82) is 0 Å². The minimum absolute atomic E-state index is 0.223. The Morgan fingerprint density at radius 2 is 2.25 bits per heavy atom. The van der Waals surface area contributed by atoms with Gasteiger partial charge in [0.15, 0.2) is 5.13 Å². The molecule has 0 saturated heterocycles. The van der Waals surface area contributed by atoms with Crippen molar-refractivity contribution in [3.8, 4) is 0 Å². The molecule has 2 heterocycles. The lowest BCUT2D eigenvalue weighted by atomic mass is 10.2. The summed E-state index contributed by atoms with van der Waals surface area (Å²) in [5, 5.41) is 2.80. The average molecular weight is 291 g/mol. The summed E-state index contributed by atoms with van der Waals surface area (Å²) in [7, 11) is 3.37. The number of likely N-dealkylation sites (N-methyl/N-ethyl adjacent to an activating group) is 1. The molecule has 0 radical (unpaired) electrons. The Balaban J connectivity index is 1.89. The second kappa shape index (κ2) is 7.00. The van der Waals surface area contributed by atoms with Crippen LogP contribution in [0.3, 0.4) is 0 Å². The molecule has 0 saturated carbocycles. The molecule has 2 aromatic rings. The molecule has 2 aromatic heterocycles. The highest BCUT2D eigenvalue weighted by Gasteiger charge is 2.10. The van der Waals surface area contributed by atoms with Crippen molar-refractivity contribution >= 4 is 22.4 Å². The number of hydrogen-bond donors (Lipinski definition) is 0. The van der Waals surface area contributed by atoms with Crippen LogP contribution in [0.5, 0.6) is 0 Å². The first-order chi connectivity index (χ1) is 9.69. The Labute approximate surface area is 122 Å². The molecular formula is C14H17N3O2S. The lowest BCUT2D eigenvalue weighted by Gasteiger charge is -2.15. The van der Waals surface area contributed by atoms with E-state index in [-0.39, 0.29) is 12.4 Å². The summed E-state index contributed by atoms with van der Waals surface area (Å²) in [5.41, 5.74) is 1.81. The highest BCUT2D eigenvalue weighted by molar-refractivity contribution is 7.13. The van der Waals surface area contributed by atoms with Crippen LogP contribution in [0.1, 0.15) is 11.4 Å². The van der Waals surface area contributed by atoms with Gasteiger partial charge in [-0.05, 0) is 12.1 Å². The van der Waals surface area contributed by atoms with Gasteiger partial charge in [0.1, 0.15) is 0 Å². The van der Waals surface area contributed by atoms with Crippen LogP contribution in [-0.2, 0) is 22.4 Å². The van der Waals surface area contributed by atoms with Crippen molar-refractivity contribution in [2.75, 3.05) is 25.6 Å². The third-order valence-electron chi connectivity index (χ3n) is 2.85. The molecule has 0 N–H and O–H groups in total. The summed E-state index contributed by atoms with van der Waals surface area (Å²) in [6.45, 7) is 0.836. The molecule has 0 unspecified atom stereocenters. The number of hydrogen-bond acceptors (Lipinski definition) is 6. The van der Waals surface area contributed by atoms with Gasteiger partial charge < -0.3 is 9.64 Å². The monoisotopic (exact) mass is 291 g/mol. The Morgan fingerprint density at radius 3 is 2.95 bits per heavy atom. The molecule has 0 spiro atoms. The zero-order valence-corrected chi connectivity index (χ0v) is 12.4. The summed E-state index contributed by atoms with van der Waals surface area (Å²) in [4.78, 5) is 22.0. The first kappa shape index (κ1) is 14.5. The minimum atomic E-state index is -0.266. The molecule has 2 rings (SSSR count). The summed E-state index contributed by atoms with van der Waals surface area (Å²) in [6, 6.07) is 5.91. The standard InChI is InChI=1S/C14H17N3O2S/c1-17(8-6-11-5-3-4-7-15-11)14-16-12(10-20-14)9-13(18)19-2/h3-5,7,10H,6,8-9H2,1-2H3. The molecule has 106 valence electrons. The van der Waals surface area contributed by atoms with Crippen molar-refractivity contribution in [1.82, 2.24) is 9.97 Å². The van der Waals surface area contributed by atoms with Gasteiger partial charge in [-0.1, -0.05) is 6.07 Å². The van der Waals surface area contributed by atoms with Crippen LogP contribution in [0.15, 0.2) is 29.8 Å². The smallest absolute Gasteiger partial charge is 0.311 e. The predicted octanol–water partition coefficient (Wildman–Crippen LogP) is 1.93. The second-order valence-electron chi connectivity index (χ2n) is 4.37. The fourth-order valence-electron chi connectivity index (χ4n) is 1.70. The minimum Gasteiger partial charge on any atom is -0.469 e. The fraction of sp³-hybridized carbons (Fsp3) is 0.357. The van der Waals surface area contributed by atoms with Crippen LogP contribution in [0.2, 0.25) is 0 Å². The van der Waals surface area contributed by atoms with E-state index < -0.39 is 0 Å². The van der Waals surface area contributed by atoms with Gasteiger partial charge in [-0.3, -0.25) is 9.78 Å². The molecule has 0 aromatic carbocycles. The molecule has 0 aliphatic carbocycles. The van der Waals surface area contributed by atoms with Gasteiger partial charge in [-0.15, -0.1) is 11.3 Å². The summed E-state index contributed by atoms with van der Waals surface area (Å²) in [6.07, 6.45) is 2.89. The van der Waals surface area contributed by atoms with Crippen LogP contribution >= 0.6 is 11.3 Å². The molecule has 6 heteroatoms. The number of rotatable bonds is 6. The van der Waals surface area contributed by atoms with Crippen LogP contribution < -0.4 is 4.90 Å². The lowest BCUT2D eigenvalue weighted by Crippen LogP contribution is -2.20. The van der Waals surface area contributed by atoms with Gasteiger partial charge in [0.05, 0.1) is 19.2 Å². The largest absolute Gasteiger partial charge is 0.469 e. The molecule has 0 amide bonds. The van der Waals surface area contributed by atoms with Crippen LogP contribution in [0, 0.1) is 0 Å². The number of aromatic nitrogens is 2.